The van der Waals surface area contributed by atoms with Crippen LogP contribution in [0.5, 0.6) is 11.5 Å². The maximum atomic E-state index is 10.4. The van der Waals surface area contributed by atoms with Crippen molar-refractivity contribution >= 4 is 0 Å². The molecule has 0 fully saturated rings. The smallest absolute Gasteiger partial charge is 0.161 e. The number of aliphatic hydroxyl groups is 1. The third kappa shape index (κ3) is 7.21. The van der Waals surface area contributed by atoms with E-state index < -0.39 is 6.10 Å². The van der Waals surface area contributed by atoms with Gasteiger partial charge in [-0.2, -0.15) is 0 Å². The lowest BCUT2D eigenvalue weighted by Gasteiger charge is -2.21. The Morgan fingerprint density at radius 2 is 1.63 bits per heavy atom. The molecule has 1 atom stereocenters. The van der Waals surface area contributed by atoms with E-state index in [4.69, 9.17) is 9.47 Å². The lowest BCUT2D eigenvalue weighted by atomic mass is 10.2. The van der Waals surface area contributed by atoms with Crippen LogP contribution < -0.4 is 9.47 Å². The van der Waals surface area contributed by atoms with Crippen molar-refractivity contribution in [1.29, 1.82) is 0 Å². The Morgan fingerprint density at radius 3 is 2.30 bits per heavy atom. The highest BCUT2D eigenvalue weighted by molar-refractivity contribution is 5.43. The van der Waals surface area contributed by atoms with E-state index in [0.29, 0.717) is 18.0 Å². The molecule has 0 aliphatic rings. The third-order valence-electron chi connectivity index (χ3n) is 4.47. The average molecular weight is 373 g/mol. The largest absolute Gasteiger partial charge is 0.493 e. The molecular weight excluding hydrogens is 340 g/mol. The second-order valence-corrected chi connectivity index (χ2v) is 6.96. The molecule has 0 radical (unpaired) electrons. The number of likely N-dealkylation sites (N-methyl/N-ethyl adjacent to an activating group) is 1. The molecule has 2 aromatic carbocycles. The molecule has 1 unspecified atom stereocenters. The van der Waals surface area contributed by atoms with Crippen LogP contribution in [0, 0.1) is 0 Å². The molecule has 0 aromatic heterocycles. The topological polar surface area (TPSA) is 45.2 Å². The van der Waals surface area contributed by atoms with Gasteiger partial charge in [-0.05, 0) is 43.9 Å². The van der Waals surface area contributed by atoms with Gasteiger partial charge in [-0.25, -0.2) is 0 Å². The van der Waals surface area contributed by atoms with Crippen LogP contribution in [-0.4, -0.2) is 61.9 Å². The third-order valence-corrected chi connectivity index (χ3v) is 4.47. The van der Waals surface area contributed by atoms with Gasteiger partial charge in [0.05, 0.1) is 7.11 Å². The van der Waals surface area contributed by atoms with Gasteiger partial charge in [0.2, 0.25) is 0 Å². The van der Waals surface area contributed by atoms with Crippen molar-refractivity contribution in [3.63, 3.8) is 0 Å². The number of methoxy groups -OCH3 is 1. The Labute approximate surface area is 163 Å². The molecule has 1 N–H and O–H groups in total. The molecule has 0 amide bonds. The highest BCUT2D eigenvalue weighted by Crippen LogP contribution is 2.28. The molecule has 0 bridgehead atoms. The van der Waals surface area contributed by atoms with Gasteiger partial charge in [0.1, 0.15) is 12.7 Å². The number of benzene rings is 2. The second-order valence-electron chi connectivity index (χ2n) is 6.96. The molecule has 0 heterocycles. The van der Waals surface area contributed by atoms with Crippen molar-refractivity contribution in [2.45, 2.75) is 26.1 Å². The van der Waals surface area contributed by atoms with Crippen molar-refractivity contribution in [3.05, 3.63) is 59.7 Å². The molecule has 0 aliphatic carbocycles. The molecule has 5 heteroatoms. The lowest BCUT2D eigenvalue weighted by Crippen LogP contribution is -2.32. The van der Waals surface area contributed by atoms with E-state index in [2.05, 4.69) is 35.9 Å². The summed E-state index contributed by atoms with van der Waals surface area (Å²) in [6.07, 6.45) is -0.578. The first-order chi connectivity index (χ1) is 13.0. The summed E-state index contributed by atoms with van der Waals surface area (Å²) in [6, 6.07) is 16.2. The zero-order valence-corrected chi connectivity index (χ0v) is 16.9. The molecule has 27 heavy (non-hydrogen) atoms. The van der Waals surface area contributed by atoms with Crippen LogP contribution in [0.15, 0.2) is 48.5 Å². The summed E-state index contributed by atoms with van der Waals surface area (Å²) < 4.78 is 11.3. The first-order valence-corrected chi connectivity index (χ1v) is 9.40. The zero-order chi connectivity index (χ0) is 19.6. The zero-order valence-electron chi connectivity index (χ0n) is 16.9. The fourth-order valence-electron chi connectivity index (χ4n) is 2.91. The standard InChI is InChI=1S/C22H32N2O3/c1-5-23(2)15-19-11-12-21(26-4)22(13-19)27-17-20(25)16-24(3)14-18-9-7-6-8-10-18/h6-13,20,25H,5,14-17H2,1-4H3. The van der Waals surface area contributed by atoms with E-state index >= 15 is 0 Å². The summed E-state index contributed by atoms with van der Waals surface area (Å²) in [5.74, 6) is 1.35. The Kier molecular flexibility index (Phi) is 8.58. The van der Waals surface area contributed by atoms with Crippen molar-refractivity contribution < 1.29 is 14.6 Å². The van der Waals surface area contributed by atoms with E-state index in [1.165, 1.54) is 5.56 Å². The quantitative estimate of drug-likeness (QED) is 0.657. The van der Waals surface area contributed by atoms with Crippen LogP contribution >= 0.6 is 0 Å². The summed E-state index contributed by atoms with van der Waals surface area (Å²) in [7, 11) is 5.71. The van der Waals surface area contributed by atoms with Gasteiger partial charge < -0.3 is 19.5 Å². The molecule has 0 aliphatic heterocycles. The van der Waals surface area contributed by atoms with E-state index in [0.717, 1.165) is 25.2 Å². The van der Waals surface area contributed by atoms with Crippen LogP contribution in [0.1, 0.15) is 18.1 Å². The first-order valence-electron chi connectivity index (χ1n) is 9.40. The van der Waals surface area contributed by atoms with Crippen molar-refractivity contribution in [1.82, 2.24) is 9.80 Å². The van der Waals surface area contributed by atoms with Crippen LogP contribution in [-0.2, 0) is 13.1 Å². The van der Waals surface area contributed by atoms with Crippen LogP contribution in [0.4, 0.5) is 0 Å². The molecule has 2 rings (SSSR count). The Bertz CT molecular complexity index is 679. The summed E-state index contributed by atoms with van der Waals surface area (Å²) in [5, 5.41) is 10.4. The minimum absolute atomic E-state index is 0.225. The molecule has 148 valence electrons. The van der Waals surface area contributed by atoms with Crippen molar-refractivity contribution in [2.24, 2.45) is 0 Å². The monoisotopic (exact) mass is 372 g/mol. The number of nitrogens with zero attached hydrogens (tertiary/aromatic N) is 2. The average Bonchev–Trinajstić information content (AvgIpc) is 2.67. The predicted molar refractivity (Wildman–Crippen MR) is 109 cm³/mol. The van der Waals surface area contributed by atoms with E-state index in [1.807, 2.05) is 43.4 Å². The fourth-order valence-corrected chi connectivity index (χ4v) is 2.91. The Morgan fingerprint density at radius 1 is 0.926 bits per heavy atom. The van der Waals surface area contributed by atoms with Gasteiger partial charge in [-0.15, -0.1) is 0 Å². The minimum Gasteiger partial charge on any atom is -0.493 e. The molecule has 0 saturated carbocycles. The van der Waals surface area contributed by atoms with Crippen molar-refractivity contribution in [2.75, 3.05) is 40.9 Å². The van der Waals surface area contributed by atoms with Gasteiger partial charge in [-0.1, -0.05) is 43.3 Å². The molecule has 0 saturated heterocycles. The summed E-state index contributed by atoms with van der Waals surface area (Å²) in [4.78, 5) is 4.31. The SMILES string of the molecule is CCN(C)Cc1ccc(OC)c(OCC(O)CN(C)Cc2ccccc2)c1. The molecular formula is C22H32N2O3. The number of rotatable bonds is 11. The second kappa shape index (κ2) is 10.9. The van der Waals surface area contributed by atoms with Crippen LogP contribution in [0.3, 0.4) is 0 Å². The maximum Gasteiger partial charge on any atom is 0.161 e. The van der Waals surface area contributed by atoms with Crippen LogP contribution in [0.25, 0.3) is 0 Å². The Hall–Kier alpha value is -2.08. The highest BCUT2D eigenvalue weighted by Gasteiger charge is 2.13. The van der Waals surface area contributed by atoms with E-state index in [-0.39, 0.29) is 6.61 Å². The van der Waals surface area contributed by atoms with E-state index in [9.17, 15) is 5.11 Å². The molecule has 0 spiro atoms. The van der Waals surface area contributed by atoms with Crippen molar-refractivity contribution in [3.8, 4) is 11.5 Å². The van der Waals surface area contributed by atoms with Gasteiger partial charge in [0.15, 0.2) is 11.5 Å². The van der Waals surface area contributed by atoms with Gasteiger partial charge >= 0.3 is 0 Å². The minimum atomic E-state index is -0.578. The number of ether oxygens (including phenoxy) is 2. The fraction of sp³-hybridized carbons (Fsp3) is 0.455. The molecule has 5 nitrogen and oxygen atoms in total. The number of hydrogen-bond donors (Lipinski definition) is 1. The van der Waals surface area contributed by atoms with Gasteiger partial charge in [-0.3, -0.25) is 4.90 Å². The molecule has 2 aromatic rings. The maximum absolute atomic E-state index is 10.4. The number of hydrogen-bond acceptors (Lipinski definition) is 5. The van der Waals surface area contributed by atoms with Crippen LogP contribution in [0.2, 0.25) is 0 Å². The summed E-state index contributed by atoms with van der Waals surface area (Å²) in [5.41, 5.74) is 2.38. The first kappa shape index (κ1) is 21.2. The number of aliphatic hydroxyl groups excluding tert-OH is 1. The lowest BCUT2D eigenvalue weighted by molar-refractivity contribution is 0.0732. The Balaban J connectivity index is 1.89. The van der Waals surface area contributed by atoms with Gasteiger partial charge in [0.25, 0.3) is 0 Å². The van der Waals surface area contributed by atoms with E-state index in [1.54, 1.807) is 7.11 Å². The normalized spacial score (nSPS) is 12.4. The van der Waals surface area contributed by atoms with Gasteiger partial charge in [0, 0.05) is 19.6 Å². The summed E-state index contributed by atoms with van der Waals surface area (Å²) >= 11 is 0. The predicted octanol–water partition coefficient (Wildman–Crippen LogP) is 3.02. The highest BCUT2D eigenvalue weighted by atomic mass is 16.5. The summed E-state index contributed by atoms with van der Waals surface area (Å²) in [6.45, 7) is 5.51.